The van der Waals surface area contributed by atoms with Crippen molar-refractivity contribution in [3.63, 3.8) is 0 Å². The second-order valence-electron chi connectivity index (χ2n) is 30.6. The molecule has 21 nitrogen and oxygen atoms in total. The van der Waals surface area contributed by atoms with Gasteiger partial charge in [0.15, 0.2) is 0 Å². The quantitative estimate of drug-likeness (QED) is 0.0754. The van der Waals surface area contributed by atoms with E-state index < -0.39 is 70.4 Å². The Kier molecular flexibility index (Phi) is 23.3. The number of benzene rings is 8. The van der Waals surface area contributed by atoms with Crippen LogP contribution >= 0.6 is 23.2 Å². The third kappa shape index (κ3) is 17.5. The second kappa shape index (κ2) is 32.6. The number of nitrogens with one attached hydrogen (secondary N) is 3. The minimum Gasteiger partial charge on any atom is -0.480 e. The van der Waals surface area contributed by atoms with E-state index in [0.29, 0.717) is 47.4 Å². The molecule has 14 rings (SSSR count). The maximum atomic E-state index is 14.6. The van der Waals surface area contributed by atoms with Crippen LogP contribution < -0.4 is 21.7 Å². The van der Waals surface area contributed by atoms with Crippen molar-refractivity contribution in [2.24, 2.45) is 5.73 Å². The first-order chi connectivity index (χ1) is 52.0. The van der Waals surface area contributed by atoms with Crippen LogP contribution in [-0.2, 0) is 64.1 Å². The zero-order valence-corrected chi connectivity index (χ0v) is 64.0. The summed E-state index contributed by atoms with van der Waals surface area (Å²) in [7, 11) is 0. The molecule has 0 spiro atoms. The monoisotopic (exact) mass is 1510 g/mol. The maximum absolute atomic E-state index is 14.6. The smallest absolute Gasteiger partial charge is 0.410 e. The Morgan fingerprint density at radius 2 is 0.807 bits per heavy atom. The molecular weight excluding hydrogens is 1420 g/mol. The number of carboxylic acid groups (broad SMARTS) is 1. The lowest BCUT2D eigenvalue weighted by molar-refractivity contribution is -0.143. The molecule has 6 aliphatic rings. The minimum atomic E-state index is -1.42. The van der Waals surface area contributed by atoms with Gasteiger partial charge in [-0.25, -0.2) is 24.0 Å². The number of aliphatic carboxylic acids is 1. The Morgan fingerprint density at radius 1 is 0.459 bits per heavy atom. The van der Waals surface area contributed by atoms with E-state index in [1.54, 1.807) is 48.8 Å². The van der Waals surface area contributed by atoms with Crippen molar-refractivity contribution in [3.05, 3.63) is 248 Å². The van der Waals surface area contributed by atoms with Gasteiger partial charge in [0.25, 0.3) is 0 Å². The third-order valence-corrected chi connectivity index (χ3v) is 21.9. The van der Waals surface area contributed by atoms with Crippen LogP contribution in [0.5, 0.6) is 0 Å². The van der Waals surface area contributed by atoms with Gasteiger partial charge in [0, 0.05) is 50.9 Å². The van der Waals surface area contributed by atoms with Crippen molar-refractivity contribution in [3.8, 4) is 22.3 Å². The molecule has 0 aromatic heterocycles. The highest BCUT2D eigenvalue weighted by atomic mass is 35.5. The van der Waals surface area contributed by atoms with Gasteiger partial charge in [-0.1, -0.05) is 193 Å². The predicted molar refractivity (Wildman–Crippen MR) is 418 cm³/mol. The normalized spacial score (nSPS) is 17.3. The van der Waals surface area contributed by atoms with Gasteiger partial charge in [0.2, 0.25) is 17.7 Å². The fourth-order valence-electron chi connectivity index (χ4n) is 15.0. The van der Waals surface area contributed by atoms with E-state index in [1.165, 1.54) is 9.80 Å². The molecule has 0 saturated carbocycles. The third-order valence-electron chi connectivity index (χ3n) is 20.9. The number of ether oxygens (including phenoxy) is 4. The molecule has 7 amide bonds. The number of carbonyl (C=O) groups is 8. The van der Waals surface area contributed by atoms with Crippen molar-refractivity contribution in [2.45, 2.75) is 153 Å². The summed E-state index contributed by atoms with van der Waals surface area (Å²) in [5.74, 6) is -2.46. The van der Waals surface area contributed by atoms with Gasteiger partial charge >= 0.3 is 30.3 Å². The number of carboxylic acids is 1. The lowest BCUT2D eigenvalue weighted by atomic mass is 9.85. The van der Waals surface area contributed by atoms with Gasteiger partial charge in [0.05, 0.1) is 40.0 Å². The molecule has 4 heterocycles. The van der Waals surface area contributed by atoms with Gasteiger partial charge in [-0.15, -0.1) is 0 Å². The molecule has 0 unspecified atom stereocenters. The number of piperidine rings is 2. The number of nitrogens with two attached hydrogens (primary N) is 1. The molecule has 2 fully saturated rings. The number of anilines is 2. The molecule has 2 saturated heterocycles. The summed E-state index contributed by atoms with van der Waals surface area (Å²) in [5.41, 5.74) is 18.0. The summed E-state index contributed by atoms with van der Waals surface area (Å²) in [6.07, 6.45) is -0.596. The van der Waals surface area contributed by atoms with Gasteiger partial charge in [-0.3, -0.25) is 24.2 Å². The fraction of sp³-hybridized carbons (Fsp3) is 0.349. The van der Waals surface area contributed by atoms with Crippen LogP contribution in [0.3, 0.4) is 0 Å². The highest BCUT2D eigenvalue weighted by Crippen LogP contribution is 2.47. The maximum Gasteiger partial charge on any atom is 0.410 e. The number of aryl methyl sites for hydroxylation is 2. The molecule has 8 aromatic carbocycles. The van der Waals surface area contributed by atoms with E-state index in [2.05, 4.69) is 64.5 Å². The van der Waals surface area contributed by atoms with Crippen LogP contribution in [0.1, 0.15) is 135 Å². The van der Waals surface area contributed by atoms with E-state index >= 15 is 0 Å². The second-order valence-corrected chi connectivity index (χ2v) is 31.4. The first-order valence-electron chi connectivity index (χ1n) is 36.8. The predicted octanol–water partition coefficient (Wildman–Crippen LogP) is 15.6. The summed E-state index contributed by atoms with van der Waals surface area (Å²) < 4.78 is 22.7. The largest absolute Gasteiger partial charge is 0.480 e. The Balaban J connectivity index is 0.000000169. The van der Waals surface area contributed by atoms with Crippen molar-refractivity contribution < 1.29 is 62.4 Å². The Labute approximate surface area is 645 Å². The molecule has 0 bridgehead atoms. The van der Waals surface area contributed by atoms with Crippen LogP contribution in [-0.4, -0.2) is 147 Å². The summed E-state index contributed by atoms with van der Waals surface area (Å²) in [6, 6.07) is 56.7. The molecular formula is C86H92Cl2N8O13. The number of hydrogen-bond donors (Lipinski definition) is 5. The molecule has 2 aliphatic carbocycles. The molecule has 109 heavy (non-hydrogen) atoms. The summed E-state index contributed by atoms with van der Waals surface area (Å²) in [5, 5.41) is 19.4. The number of amides is 7. The van der Waals surface area contributed by atoms with Crippen LogP contribution in [0, 0.1) is 13.8 Å². The van der Waals surface area contributed by atoms with Crippen molar-refractivity contribution in [1.82, 2.24) is 24.9 Å². The van der Waals surface area contributed by atoms with E-state index in [0.717, 1.165) is 77.9 Å². The molecule has 8 aromatic rings. The van der Waals surface area contributed by atoms with Crippen LogP contribution in [0.2, 0.25) is 10.0 Å². The molecule has 6 N–H and O–H groups in total. The Bertz CT molecular complexity index is 4700. The number of hydrogen-bond acceptors (Lipinski definition) is 13. The number of likely N-dealkylation sites (tertiary alicyclic amines) is 2. The molecule has 0 radical (unpaired) electrons. The Morgan fingerprint density at radius 3 is 1.20 bits per heavy atom. The standard InChI is InChI=1S/C43H45ClN4O6.C25H21NO4.C18H26ClN3O3/c1-27-12-11-19-35(37(27)44)45-39(50)43(20-22-47(23-21-43)40(51)54-42(2,3)4)46-38(49)36-24-28-13-5-6-14-29(28)25-48(36)41(52)53-26-34-32-17-9-7-15-30(32)31-16-8-10-18-33(31)34;27-24(28)23-13-16-7-1-2-8-17(16)14-26(23)25(29)30-15-22-20-11-5-3-9-18(20)19-10-4-6-12-21(19)22;1-12-6-5-7-13(14(12)19)21-15(23)18(20)8-10-22(11-9-18)16(24)25-17(2,3)4/h5-19,34,36H,20-26H2,1-4H3,(H,45,50)(H,46,49);1-12,22-23H,13-15H2,(H,27,28);5-7H,8-11,20H2,1-4H3,(H,21,23)/t36-;23-;/m00./s1. The van der Waals surface area contributed by atoms with Crippen LogP contribution in [0.4, 0.5) is 30.6 Å². The lowest BCUT2D eigenvalue weighted by Gasteiger charge is -2.43. The van der Waals surface area contributed by atoms with Crippen molar-refractivity contribution in [2.75, 3.05) is 50.0 Å². The number of fused-ring (bicyclic) bond motifs is 8. The Hall–Kier alpha value is -10.7. The van der Waals surface area contributed by atoms with E-state index in [-0.39, 0.29) is 88.9 Å². The number of halogens is 2. The van der Waals surface area contributed by atoms with Gasteiger partial charge < -0.3 is 55.5 Å². The molecule has 568 valence electrons. The first-order valence-corrected chi connectivity index (χ1v) is 37.5. The number of rotatable bonds is 11. The molecule has 23 heteroatoms. The van der Waals surface area contributed by atoms with Crippen LogP contribution in [0.15, 0.2) is 182 Å². The zero-order valence-electron chi connectivity index (χ0n) is 62.5. The van der Waals surface area contributed by atoms with Gasteiger partial charge in [-0.05, 0) is 171 Å². The fourth-order valence-corrected chi connectivity index (χ4v) is 15.3. The average Bonchev–Trinajstić information content (AvgIpc) is 1.62. The van der Waals surface area contributed by atoms with Gasteiger partial charge in [0.1, 0.15) is 42.0 Å². The topological polar surface area (TPSA) is 269 Å². The lowest BCUT2D eigenvalue weighted by Crippen LogP contribution is -2.65. The summed E-state index contributed by atoms with van der Waals surface area (Å²) >= 11 is 12.8. The van der Waals surface area contributed by atoms with E-state index in [1.807, 2.05) is 150 Å². The van der Waals surface area contributed by atoms with E-state index in [4.69, 9.17) is 47.9 Å². The highest BCUT2D eigenvalue weighted by molar-refractivity contribution is 6.35. The number of carbonyl (C=O) groups excluding carboxylic acids is 7. The highest BCUT2D eigenvalue weighted by Gasteiger charge is 2.48. The van der Waals surface area contributed by atoms with E-state index in [9.17, 15) is 43.5 Å². The zero-order chi connectivity index (χ0) is 77.7. The van der Waals surface area contributed by atoms with Gasteiger partial charge in [-0.2, -0.15) is 0 Å². The van der Waals surface area contributed by atoms with Crippen molar-refractivity contribution in [1.29, 1.82) is 0 Å². The summed E-state index contributed by atoms with van der Waals surface area (Å²) in [4.78, 5) is 111. The SMILES string of the molecule is Cc1cccc(NC(=O)C2(N)CCN(C(=O)OC(C)(C)C)CC2)c1Cl.Cc1cccc(NC(=O)C2(NC(=O)[C@@H]3Cc4ccccc4CN3C(=O)OCC3c4ccccc4-c4ccccc43)CCN(C(=O)OC(C)(C)C)CC2)c1Cl.O=C(O)[C@@H]1Cc2ccccc2CN1C(=O)OCC1c2ccccc2-c2ccccc21. The average molecular weight is 1520 g/mol. The number of nitrogens with zero attached hydrogens (tertiary/aromatic N) is 4. The first kappa shape index (κ1) is 77.9. The van der Waals surface area contributed by atoms with Crippen LogP contribution in [0.25, 0.3) is 22.3 Å². The van der Waals surface area contributed by atoms with Crippen molar-refractivity contribution >= 4 is 82.6 Å². The molecule has 2 atom stereocenters. The minimum absolute atomic E-state index is 0.0540. The summed E-state index contributed by atoms with van der Waals surface area (Å²) in [6.45, 7) is 16.3. The molecule has 4 aliphatic heterocycles.